The van der Waals surface area contributed by atoms with Crippen molar-refractivity contribution in [3.8, 4) is 11.5 Å². The maximum absolute atomic E-state index is 12.6. The first-order valence-corrected chi connectivity index (χ1v) is 8.50. The molecule has 0 spiro atoms. The number of carbonyl (C=O) groups is 1. The van der Waals surface area contributed by atoms with Crippen molar-refractivity contribution in [3.05, 3.63) is 66.2 Å². The third-order valence-corrected chi connectivity index (χ3v) is 3.46. The standard InChI is InChI=1S/C21H25NO3/c1-4-5-13-24-18-10-8-9-17(14-18)22-21(23)19-11-6-7-12-20(19)25-15-16(2)3/h6-12,14H,2,4-5,13,15H2,1,3H3,(H,22,23). The van der Waals surface area contributed by atoms with Gasteiger partial charge in [-0.1, -0.05) is 38.1 Å². The Morgan fingerprint density at radius 1 is 1.12 bits per heavy atom. The lowest BCUT2D eigenvalue weighted by Gasteiger charge is -2.12. The molecule has 0 aliphatic rings. The Labute approximate surface area is 149 Å². The van der Waals surface area contributed by atoms with Gasteiger partial charge in [-0.2, -0.15) is 0 Å². The van der Waals surface area contributed by atoms with Gasteiger partial charge in [-0.3, -0.25) is 4.79 Å². The zero-order valence-electron chi connectivity index (χ0n) is 14.9. The number of unbranched alkanes of at least 4 members (excludes halogenated alkanes) is 1. The van der Waals surface area contributed by atoms with Gasteiger partial charge in [0.15, 0.2) is 0 Å². The number of carbonyl (C=O) groups excluding carboxylic acids is 1. The number of hydrogen-bond acceptors (Lipinski definition) is 3. The highest BCUT2D eigenvalue weighted by atomic mass is 16.5. The zero-order chi connectivity index (χ0) is 18.1. The largest absolute Gasteiger partial charge is 0.494 e. The summed E-state index contributed by atoms with van der Waals surface area (Å²) >= 11 is 0. The van der Waals surface area contributed by atoms with E-state index in [9.17, 15) is 4.79 Å². The molecule has 132 valence electrons. The van der Waals surface area contributed by atoms with E-state index in [2.05, 4.69) is 18.8 Å². The fourth-order valence-electron chi connectivity index (χ4n) is 2.18. The summed E-state index contributed by atoms with van der Waals surface area (Å²) in [5.41, 5.74) is 2.07. The van der Waals surface area contributed by atoms with E-state index in [-0.39, 0.29) is 5.91 Å². The van der Waals surface area contributed by atoms with Gasteiger partial charge in [-0.25, -0.2) is 0 Å². The fourth-order valence-corrected chi connectivity index (χ4v) is 2.18. The van der Waals surface area contributed by atoms with Crippen molar-refractivity contribution in [2.75, 3.05) is 18.5 Å². The summed E-state index contributed by atoms with van der Waals surface area (Å²) in [6, 6.07) is 14.6. The van der Waals surface area contributed by atoms with Crippen LogP contribution in [0.2, 0.25) is 0 Å². The minimum Gasteiger partial charge on any atom is -0.494 e. The molecule has 2 aromatic rings. The van der Waals surface area contributed by atoms with E-state index in [1.54, 1.807) is 12.1 Å². The van der Waals surface area contributed by atoms with Crippen LogP contribution >= 0.6 is 0 Å². The molecule has 0 bridgehead atoms. The van der Waals surface area contributed by atoms with E-state index in [0.29, 0.717) is 30.2 Å². The first kappa shape index (κ1) is 18.6. The van der Waals surface area contributed by atoms with Gasteiger partial charge in [0.2, 0.25) is 0 Å². The van der Waals surface area contributed by atoms with Crippen molar-refractivity contribution in [1.82, 2.24) is 0 Å². The molecule has 0 unspecified atom stereocenters. The Kier molecular flexibility index (Phi) is 7.08. The highest BCUT2D eigenvalue weighted by molar-refractivity contribution is 6.06. The number of benzene rings is 2. The van der Waals surface area contributed by atoms with Crippen molar-refractivity contribution >= 4 is 11.6 Å². The predicted molar refractivity (Wildman–Crippen MR) is 102 cm³/mol. The second-order valence-electron chi connectivity index (χ2n) is 5.93. The van der Waals surface area contributed by atoms with Crippen LogP contribution in [0.4, 0.5) is 5.69 Å². The third-order valence-electron chi connectivity index (χ3n) is 3.46. The highest BCUT2D eigenvalue weighted by Crippen LogP contribution is 2.22. The average Bonchev–Trinajstić information content (AvgIpc) is 2.61. The molecular weight excluding hydrogens is 314 g/mol. The molecule has 0 radical (unpaired) electrons. The summed E-state index contributed by atoms with van der Waals surface area (Å²) in [5.74, 6) is 1.07. The molecule has 0 aliphatic heterocycles. The molecule has 2 aromatic carbocycles. The van der Waals surface area contributed by atoms with E-state index < -0.39 is 0 Å². The molecule has 4 heteroatoms. The van der Waals surface area contributed by atoms with Crippen LogP contribution < -0.4 is 14.8 Å². The zero-order valence-corrected chi connectivity index (χ0v) is 14.9. The molecule has 1 amide bonds. The number of anilines is 1. The van der Waals surface area contributed by atoms with E-state index in [4.69, 9.17) is 9.47 Å². The molecule has 25 heavy (non-hydrogen) atoms. The second-order valence-corrected chi connectivity index (χ2v) is 5.93. The van der Waals surface area contributed by atoms with Gasteiger partial charge in [0.1, 0.15) is 18.1 Å². The lowest BCUT2D eigenvalue weighted by molar-refractivity contribution is 0.102. The Morgan fingerprint density at radius 2 is 1.92 bits per heavy atom. The molecule has 1 N–H and O–H groups in total. The van der Waals surface area contributed by atoms with Crippen LogP contribution in [0.5, 0.6) is 11.5 Å². The van der Waals surface area contributed by atoms with Gasteiger partial charge >= 0.3 is 0 Å². The fraction of sp³-hybridized carbons (Fsp3) is 0.286. The summed E-state index contributed by atoms with van der Waals surface area (Å²) in [5, 5.41) is 2.90. The van der Waals surface area contributed by atoms with Crippen molar-refractivity contribution in [2.24, 2.45) is 0 Å². The summed E-state index contributed by atoms with van der Waals surface area (Å²) < 4.78 is 11.3. The molecule has 0 aromatic heterocycles. The number of ether oxygens (including phenoxy) is 2. The van der Waals surface area contributed by atoms with Crippen molar-refractivity contribution in [2.45, 2.75) is 26.7 Å². The normalized spacial score (nSPS) is 10.2. The molecule has 4 nitrogen and oxygen atoms in total. The van der Waals surface area contributed by atoms with Crippen LogP contribution in [0.3, 0.4) is 0 Å². The average molecular weight is 339 g/mol. The Morgan fingerprint density at radius 3 is 2.68 bits per heavy atom. The number of hydrogen-bond donors (Lipinski definition) is 1. The maximum atomic E-state index is 12.6. The number of para-hydroxylation sites is 1. The summed E-state index contributed by atoms with van der Waals surface area (Å²) in [6.07, 6.45) is 2.08. The number of rotatable bonds is 9. The molecule has 0 saturated heterocycles. The van der Waals surface area contributed by atoms with Gasteiger partial charge in [0.25, 0.3) is 5.91 Å². The van der Waals surface area contributed by atoms with E-state index in [0.717, 1.165) is 24.2 Å². The van der Waals surface area contributed by atoms with E-state index in [1.807, 2.05) is 43.3 Å². The van der Waals surface area contributed by atoms with Crippen molar-refractivity contribution < 1.29 is 14.3 Å². The first-order valence-electron chi connectivity index (χ1n) is 8.50. The van der Waals surface area contributed by atoms with Crippen LogP contribution in [0.1, 0.15) is 37.0 Å². The summed E-state index contributed by atoms with van der Waals surface area (Å²) in [6.45, 7) is 8.87. The van der Waals surface area contributed by atoms with Crippen LogP contribution in [0.15, 0.2) is 60.7 Å². The van der Waals surface area contributed by atoms with Gasteiger partial charge in [-0.05, 0) is 43.2 Å². The molecular formula is C21H25NO3. The van der Waals surface area contributed by atoms with Gasteiger partial charge in [0.05, 0.1) is 12.2 Å². The third kappa shape index (κ3) is 5.99. The van der Waals surface area contributed by atoms with E-state index >= 15 is 0 Å². The summed E-state index contributed by atoms with van der Waals surface area (Å²) in [4.78, 5) is 12.6. The molecule has 2 rings (SSSR count). The minimum atomic E-state index is -0.219. The lowest BCUT2D eigenvalue weighted by Crippen LogP contribution is -2.14. The van der Waals surface area contributed by atoms with E-state index in [1.165, 1.54) is 0 Å². The molecule has 0 aliphatic carbocycles. The summed E-state index contributed by atoms with van der Waals surface area (Å²) in [7, 11) is 0. The topological polar surface area (TPSA) is 47.6 Å². The number of amides is 1. The smallest absolute Gasteiger partial charge is 0.259 e. The lowest BCUT2D eigenvalue weighted by atomic mass is 10.1. The SMILES string of the molecule is C=C(C)COc1ccccc1C(=O)Nc1cccc(OCCCC)c1. The van der Waals surface area contributed by atoms with Crippen molar-refractivity contribution in [1.29, 1.82) is 0 Å². The van der Waals surface area contributed by atoms with Gasteiger partial charge in [-0.15, -0.1) is 0 Å². The Hall–Kier alpha value is -2.75. The predicted octanol–water partition coefficient (Wildman–Crippen LogP) is 5.07. The van der Waals surface area contributed by atoms with Crippen LogP contribution in [0, 0.1) is 0 Å². The number of nitrogens with one attached hydrogen (secondary N) is 1. The maximum Gasteiger partial charge on any atom is 0.259 e. The molecule has 0 fully saturated rings. The van der Waals surface area contributed by atoms with Crippen LogP contribution in [0.25, 0.3) is 0 Å². The van der Waals surface area contributed by atoms with Gasteiger partial charge in [0, 0.05) is 11.8 Å². The highest BCUT2D eigenvalue weighted by Gasteiger charge is 2.12. The quantitative estimate of drug-likeness (QED) is 0.512. The Bertz CT molecular complexity index is 725. The minimum absolute atomic E-state index is 0.219. The van der Waals surface area contributed by atoms with Gasteiger partial charge < -0.3 is 14.8 Å². The Balaban J connectivity index is 2.07. The molecule has 0 heterocycles. The van der Waals surface area contributed by atoms with Crippen molar-refractivity contribution in [3.63, 3.8) is 0 Å². The van der Waals surface area contributed by atoms with Crippen LogP contribution in [-0.2, 0) is 0 Å². The first-order chi connectivity index (χ1) is 12.1. The van der Waals surface area contributed by atoms with Crippen LogP contribution in [-0.4, -0.2) is 19.1 Å². The molecule has 0 saturated carbocycles. The second kappa shape index (κ2) is 9.52. The monoisotopic (exact) mass is 339 g/mol. The molecule has 0 atom stereocenters.